The van der Waals surface area contributed by atoms with Crippen molar-refractivity contribution < 1.29 is 36.9 Å². The number of rotatable bonds is 7. The molecule has 2 aromatic rings. The fourth-order valence-electron chi connectivity index (χ4n) is 4.16. The van der Waals surface area contributed by atoms with Crippen molar-refractivity contribution in [3.8, 4) is 5.75 Å². The standard InChI is InChI=1S/C20H27F3O4.C6H6.CH3F/c1-12(2)27-18-7-6-16(20(21,22)23)10-17(18)15(11-24)9-13-4-5-14(8-13)19(25)26-3;1-2-4-6-5-3-1;1-2/h6-7,10,12-15,24H,4-5,8-9,11H2,1-3H3;1-6H;1H3/t13-,14+,15+;;/m1../s1. The van der Waals surface area contributed by atoms with Gasteiger partial charge in [-0.1, -0.05) is 36.4 Å². The van der Waals surface area contributed by atoms with Gasteiger partial charge in [-0.25, -0.2) is 0 Å². The van der Waals surface area contributed by atoms with Crippen LogP contribution in [0.5, 0.6) is 5.75 Å². The third-order valence-corrected chi connectivity index (χ3v) is 5.72. The Morgan fingerprint density at radius 3 is 2.09 bits per heavy atom. The van der Waals surface area contributed by atoms with Gasteiger partial charge in [0.25, 0.3) is 0 Å². The second kappa shape index (κ2) is 15.4. The number of aliphatic hydroxyl groups excluding tert-OH is 1. The van der Waals surface area contributed by atoms with Gasteiger partial charge in [-0.2, -0.15) is 13.2 Å². The van der Waals surface area contributed by atoms with E-state index in [0.29, 0.717) is 37.8 Å². The minimum atomic E-state index is -4.46. The second-order valence-electron chi connectivity index (χ2n) is 8.59. The third kappa shape index (κ3) is 10.3. The van der Waals surface area contributed by atoms with E-state index in [9.17, 15) is 27.5 Å². The highest BCUT2D eigenvalue weighted by molar-refractivity contribution is 5.72. The van der Waals surface area contributed by atoms with Gasteiger partial charge in [0, 0.05) is 11.5 Å². The van der Waals surface area contributed by atoms with Gasteiger partial charge in [0.15, 0.2) is 0 Å². The summed E-state index contributed by atoms with van der Waals surface area (Å²) in [4.78, 5) is 11.7. The number of hydrogen-bond acceptors (Lipinski definition) is 4. The molecule has 2 aromatic carbocycles. The Kier molecular flexibility index (Phi) is 13.4. The Morgan fingerprint density at radius 1 is 1.06 bits per heavy atom. The Balaban J connectivity index is 0.000000654. The smallest absolute Gasteiger partial charge is 0.416 e. The quantitative estimate of drug-likeness (QED) is 0.335. The number of carbonyl (C=O) groups is 1. The molecule has 1 aliphatic rings. The first-order valence-corrected chi connectivity index (χ1v) is 11.6. The Labute approximate surface area is 205 Å². The zero-order valence-corrected chi connectivity index (χ0v) is 20.7. The first-order valence-electron chi connectivity index (χ1n) is 11.6. The maximum absolute atomic E-state index is 13.2. The van der Waals surface area contributed by atoms with Crippen LogP contribution in [0.3, 0.4) is 0 Å². The number of methoxy groups -OCH3 is 1. The lowest BCUT2D eigenvalue weighted by Crippen LogP contribution is -2.16. The lowest BCUT2D eigenvalue weighted by Gasteiger charge is -2.24. The number of benzene rings is 2. The van der Waals surface area contributed by atoms with E-state index >= 15 is 0 Å². The van der Waals surface area contributed by atoms with Crippen molar-refractivity contribution in [2.45, 2.75) is 57.7 Å². The van der Waals surface area contributed by atoms with Crippen molar-refractivity contribution in [1.82, 2.24) is 0 Å². The van der Waals surface area contributed by atoms with Crippen LogP contribution in [-0.4, -0.2) is 38.1 Å². The summed E-state index contributed by atoms with van der Waals surface area (Å²) in [5, 5.41) is 9.88. The number of hydrogen-bond donors (Lipinski definition) is 1. The maximum Gasteiger partial charge on any atom is 0.416 e. The van der Waals surface area contributed by atoms with Crippen LogP contribution in [0, 0.1) is 11.8 Å². The highest BCUT2D eigenvalue weighted by Crippen LogP contribution is 2.42. The SMILES string of the molecule is CF.COC(=O)[C@H]1CC[C@@H](C[C@@H](CO)c2cc(C(F)(F)F)ccc2OC(C)C)C1.c1ccccc1. The van der Waals surface area contributed by atoms with E-state index in [0.717, 1.165) is 18.6 Å². The van der Waals surface area contributed by atoms with Gasteiger partial charge < -0.3 is 14.6 Å². The van der Waals surface area contributed by atoms with E-state index in [-0.39, 0.29) is 30.5 Å². The van der Waals surface area contributed by atoms with Gasteiger partial charge >= 0.3 is 12.1 Å². The molecule has 0 amide bonds. The minimum absolute atomic E-state index is 0.146. The molecular formula is C27H36F4O4. The minimum Gasteiger partial charge on any atom is -0.491 e. The van der Waals surface area contributed by atoms with Crippen LogP contribution in [0.2, 0.25) is 0 Å². The van der Waals surface area contributed by atoms with Crippen molar-refractivity contribution in [3.63, 3.8) is 0 Å². The van der Waals surface area contributed by atoms with Crippen LogP contribution < -0.4 is 4.74 Å². The molecule has 0 radical (unpaired) electrons. The molecule has 0 heterocycles. The largest absolute Gasteiger partial charge is 0.491 e. The summed E-state index contributed by atoms with van der Waals surface area (Å²) >= 11 is 0. The summed E-state index contributed by atoms with van der Waals surface area (Å²) in [6.45, 7) is 3.32. The van der Waals surface area contributed by atoms with Gasteiger partial charge in [0.05, 0.1) is 38.5 Å². The van der Waals surface area contributed by atoms with E-state index in [4.69, 9.17) is 9.47 Å². The van der Waals surface area contributed by atoms with Crippen LogP contribution in [0.25, 0.3) is 0 Å². The van der Waals surface area contributed by atoms with Crippen LogP contribution in [0.1, 0.15) is 56.6 Å². The Morgan fingerprint density at radius 2 is 1.63 bits per heavy atom. The normalized spacial score (nSPS) is 18.0. The van der Waals surface area contributed by atoms with Crippen LogP contribution >= 0.6 is 0 Å². The molecule has 3 rings (SSSR count). The first-order chi connectivity index (χ1) is 16.7. The lowest BCUT2D eigenvalue weighted by molar-refractivity contribution is -0.145. The number of esters is 1. The molecule has 3 atom stereocenters. The average molecular weight is 501 g/mol. The van der Waals surface area contributed by atoms with E-state index in [1.807, 2.05) is 36.4 Å². The van der Waals surface area contributed by atoms with Crippen LogP contribution in [0.4, 0.5) is 17.6 Å². The monoisotopic (exact) mass is 500 g/mol. The van der Waals surface area contributed by atoms with Gasteiger partial charge in [0.1, 0.15) is 5.75 Å². The van der Waals surface area contributed by atoms with Gasteiger partial charge in [-0.05, 0) is 63.6 Å². The molecule has 0 aliphatic heterocycles. The number of carbonyl (C=O) groups excluding carboxylic acids is 1. The van der Waals surface area contributed by atoms with Gasteiger partial charge in [-0.3, -0.25) is 9.18 Å². The molecule has 8 heteroatoms. The summed E-state index contributed by atoms with van der Waals surface area (Å²) in [6.07, 6.45) is -2.05. The van der Waals surface area contributed by atoms with Crippen LogP contribution in [-0.2, 0) is 15.7 Å². The molecule has 0 unspecified atom stereocenters. The molecule has 1 aliphatic carbocycles. The van der Waals surface area contributed by atoms with E-state index in [2.05, 4.69) is 0 Å². The highest BCUT2D eigenvalue weighted by atomic mass is 19.4. The van der Waals surface area contributed by atoms with Crippen molar-refractivity contribution in [2.24, 2.45) is 11.8 Å². The number of aliphatic hydroxyl groups is 1. The Hall–Kier alpha value is -2.61. The van der Waals surface area contributed by atoms with Crippen molar-refractivity contribution in [3.05, 3.63) is 65.7 Å². The molecular weight excluding hydrogens is 464 g/mol. The zero-order chi connectivity index (χ0) is 26.4. The fourth-order valence-corrected chi connectivity index (χ4v) is 4.16. The Bertz CT molecular complexity index is 829. The predicted molar refractivity (Wildman–Crippen MR) is 128 cm³/mol. The average Bonchev–Trinajstić information content (AvgIpc) is 3.33. The summed E-state index contributed by atoms with van der Waals surface area (Å²) in [6, 6.07) is 15.4. The molecule has 1 fully saturated rings. The highest BCUT2D eigenvalue weighted by Gasteiger charge is 2.35. The molecule has 4 nitrogen and oxygen atoms in total. The summed E-state index contributed by atoms with van der Waals surface area (Å²) in [5.74, 6) is -0.400. The number of ether oxygens (including phenoxy) is 2. The maximum atomic E-state index is 13.2. The molecule has 0 aromatic heterocycles. The topological polar surface area (TPSA) is 55.8 Å². The van der Waals surface area contributed by atoms with Crippen molar-refractivity contribution in [2.75, 3.05) is 20.9 Å². The van der Waals surface area contributed by atoms with Crippen molar-refractivity contribution in [1.29, 1.82) is 0 Å². The number of halogens is 4. The number of alkyl halides is 4. The van der Waals surface area contributed by atoms with Gasteiger partial charge in [-0.15, -0.1) is 0 Å². The molecule has 196 valence electrons. The molecule has 1 saturated carbocycles. The fraction of sp³-hybridized carbons (Fsp3) is 0.519. The molecule has 0 saturated heterocycles. The van der Waals surface area contributed by atoms with E-state index in [1.54, 1.807) is 13.8 Å². The summed E-state index contributed by atoms with van der Waals surface area (Å²) < 4.78 is 59.4. The zero-order valence-electron chi connectivity index (χ0n) is 20.7. The van der Waals surface area contributed by atoms with Gasteiger partial charge in [0.2, 0.25) is 0 Å². The second-order valence-corrected chi connectivity index (χ2v) is 8.59. The predicted octanol–water partition coefficient (Wildman–Crippen LogP) is 6.82. The van der Waals surface area contributed by atoms with Crippen LogP contribution in [0.15, 0.2) is 54.6 Å². The molecule has 0 bridgehead atoms. The lowest BCUT2D eigenvalue weighted by atomic mass is 9.86. The molecule has 35 heavy (non-hydrogen) atoms. The third-order valence-electron chi connectivity index (χ3n) is 5.72. The van der Waals surface area contributed by atoms with Crippen molar-refractivity contribution >= 4 is 5.97 Å². The molecule has 1 N–H and O–H groups in total. The summed E-state index contributed by atoms with van der Waals surface area (Å²) in [5.41, 5.74) is -0.395. The van der Waals surface area contributed by atoms with E-state index in [1.165, 1.54) is 13.2 Å². The van der Waals surface area contributed by atoms with E-state index < -0.39 is 17.7 Å². The summed E-state index contributed by atoms with van der Waals surface area (Å²) in [7, 11) is 1.85. The first kappa shape index (κ1) is 30.4. The molecule has 0 spiro atoms.